The normalized spacial score (nSPS) is 18.4. The Kier molecular flexibility index (Phi) is 4.96. The summed E-state index contributed by atoms with van der Waals surface area (Å²) < 4.78 is 10.7. The fourth-order valence-electron chi connectivity index (χ4n) is 3.67. The van der Waals surface area contributed by atoms with Crippen molar-refractivity contribution in [2.24, 2.45) is 0 Å². The minimum Gasteiger partial charge on any atom is -0.480 e. The Bertz CT molecular complexity index is 834. The number of nitrogens with zero attached hydrogens (tertiary/aromatic N) is 3. The molecule has 27 heavy (non-hydrogen) atoms. The summed E-state index contributed by atoms with van der Waals surface area (Å²) in [4.78, 5) is 20.8. The molecule has 2 aliphatic heterocycles. The summed E-state index contributed by atoms with van der Waals surface area (Å²) in [6, 6.07) is 8.71. The van der Waals surface area contributed by atoms with Crippen LogP contribution in [0.2, 0.25) is 0 Å². The van der Waals surface area contributed by atoms with Crippen molar-refractivity contribution in [1.29, 1.82) is 0 Å². The largest absolute Gasteiger partial charge is 0.480 e. The van der Waals surface area contributed by atoms with E-state index in [1.165, 1.54) is 5.56 Å². The highest BCUT2D eigenvalue weighted by Crippen LogP contribution is 2.35. The predicted octanol–water partition coefficient (Wildman–Crippen LogP) is 2.06. The van der Waals surface area contributed by atoms with Gasteiger partial charge in [-0.05, 0) is 36.2 Å². The molecule has 0 radical (unpaired) electrons. The Labute approximate surface area is 158 Å². The molecular weight excluding hydrogens is 346 g/mol. The zero-order chi connectivity index (χ0) is 18.8. The van der Waals surface area contributed by atoms with Crippen LogP contribution in [0.5, 0.6) is 11.5 Å². The molecule has 0 spiro atoms. The van der Waals surface area contributed by atoms with E-state index in [1.54, 1.807) is 12.1 Å². The third kappa shape index (κ3) is 3.74. The number of aliphatic carboxylic acids is 1. The molecule has 2 aromatic rings. The maximum atomic E-state index is 12.0. The summed E-state index contributed by atoms with van der Waals surface area (Å²) in [6.45, 7) is 6.05. The van der Waals surface area contributed by atoms with Crippen molar-refractivity contribution in [1.82, 2.24) is 14.8 Å². The Balaban J connectivity index is 1.43. The van der Waals surface area contributed by atoms with E-state index in [4.69, 9.17) is 9.47 Å². The standard InChI is InChI=1S/C20H23N3O4/c1-14-3-2-6-21-16(14)12-22-7-9-23(10-8-22)19(20(24)25)15-4-5-17-18(11-15)27-13-26-17/h2-6,11,19H,7-10,12-13H2,1H3,(H,24,25)/t19-/m0/s1. The number of rotatable bonds is 5. The molecule has 1 aromatic heterocycles. The first-order chi connectivity index (χ1) is 13.1. The predicted molar refractivity (Wildman–Crippen MR) is 98.8 cm³/mol. The second-order valence-corrected chi connectivity index (χ2v) is 6.93. The van der Waals surface area contributed by atoms with Gasteiger partial charge in [-0.15, -0.1) is 0 Å². The Morgan fingerprint density at radius 1 is 1.19 bits per heavy atom. The number of fused-ring (bicyclic) bond motifs is 1. The lowest BCUT2D eigenvalue weighted by Crippen LogP contribution is -2.49. The minimum absolute atomic E-state index is 0.183. The zero-order valence-corrected chi connectivity index (χ0v) is 15.3. The SMILES string of the molecule is Cc1cccnc1CN1CCN([C@H](C(=O)O)c2ccc3c(c2)OCO3)CC1. The van der Waals surface area contributed by atoms with Gasteiger partial charge in [0.15, 0.2) is 11.5 Å². The number of piperazine rings is 1. The molecule has 0 unspecified atom stereocenters. The first-order valence-corrected chi connectivity index (χ1v) is 9.11. The number of pyridine rings is 1. The van der Waals surface area contributed by atoms with Gasteiger partial charge in [-0.25, -0.2) is 0 Å². The molecule has 0 bridgehead atoms. The van der Waals surface area contributed by atoms with Crippen LogP contribution < -0.4 is 9.47 Å². The van der Waals surface area contributed by atoms with Gasteiger partial charge in [-0.1, -0.05) is 12.1 Å². The molecule has 142 valence electrons. The number of carboxylic acids is 1. The summed E-state index contributed by atoms with van der Waals surface area (Å²) in [5.74, 6) is 0.435. The third-order valence-corrected chi connectivity index (χ3v) is 5.21. The van der Waals surface area contributed by atoms with Crippen molar-refractivity contribution < 1.29 is 19.4 Å². The van der Waals surface area contributed by atoms with Crippen LogP contribution in [0.15, 0.2) is 36.5 Å². The van der Waals surface area contributed by atoms with E-state index in [1.807, 2.05) is 23.2 Å². The van der Waals surface area contributed by atoms with Crippen molar-refractivity contribution in [3.63, 3.8) is 0 Å². The Morgan fingerprint density at radius 2 is 1.96 bits per heavy atom. The van der Waals surface area contributed by atoms with Gasteiger partial charge in [-0.2, -0.15) is 0 Å². The highest BCUT2D eigenvalue weighted by Gasteiger charge is 2.31. The smallest absolute Gasteiger partial charge is 0.325 e. The maximum Gasteiger partial charge on any atom is 0.325 e. The molecule has 0 aliphatic carbocycles. The van der Waals surface area contributed by atoms with Crippen LogP contribution in [0.25, 0.3) is 0 Å². The molecule has 0 saturated carbocycles. The number of benzene rings is 1. The second-order valence-electron chi connectivity index (χ2n) is 6.93. The monoisotopic (exact) mass is 369 g/mol. The van der Waals surface area contributed by atoms with Gasteiger partial charge in [-0.3, -0.25) is 19.6 Å². The van der Waals surface area contributed by atoms with Crippen molar-refractivity contribution >= 4 is 5.97 Å². The highest BCUT2D eigenvalue weighted by atomic mass is 16.7. The zero-order valence-electron chi connectivity index (χ0n) is 15.3. The number of carbonyl (C=O) groups is 1. The van der Waals surface area contributed by atoms with Crippen molar-refractivity contribution in [2.45, 2.75) is 19.5 Å². The molecule has 1 aromatic carbocycles. The van der Waals surface area contributed by atoms with Crippen molar-refractivity contribution in [3.05, 3.63) is 53.3 Å². The lowest BCUT2D eigenvalue weighted by Gasteiger charge is -2.37. The molecule has 7 heteroatoms. The van der Waals surface area contributed by atoms with Gasteiger partial charge < -0.3 is 14.6 Å². The van der Waals surface area contributed by atoms with Gasteiger partial charge in [0.05, 0.1) is 5.69 Å². The van der Waals surface area contributed by atoms with Gasteiger partial charge in [0.1, 0.15) is 6.04 Å². The summed E-state index contributed by atoms with van der Waals surface area (Å²) in [7, 11) is 0. The molecule has 1 atom stereocenters. The van der Waals surface area contributed by atoms with Gasteiger partial charge in [0, 0.05) is 38.9 Å². The molecular formula is C20H23N3O4. The van der Waals surface area contributed by atoms with E-state index in [0.717, 1.165) is 30.9 Å². The quantitative estimate of drug-likeness (QED) is 0.865. The summed E-state index contributed by atoms with van der Waals surface area (Å²) in [5.41, 5.74) is 2.99. The third-order valence-electron chi connectivity index (χ3n) is 5.21. The average Bonchev–Trinajstić information content (AvgIpc) is 3.13. The van der Waals surface area contributed by atoms with E-state index in [-0.39, 0.29) is 6.79 Å². The Hall–Kier alpha value is -2.64. The van der Waals surface area contributed by atoms with Crippen molar-refractivity contribution in [3.8, 4) is 11.5 Å². The maximum absolute atomic E-state index is 12.0. The van der Waals surface area contributed by atoms with E-state index < -0.39 is 12.0 Å². The fraction of sp³-hybridized carbons (Fsp3) is 0.400. The van der Waals surface area contributed by atoms with Gasteiger partial charge >= 0.3 is 5.97 Å². The van der Waals surface area contributed by atoms with E-state index >= 15 is 0 Å². The van der Waals surface area contributed by atoms with E-state index in [0.29, 0.717) is 24.6 Å². The van der Waals surface area contributed by atoms with E-state index in [9.17, 15) is 9.90 Å². The summed E-state index contributed by atoms with van der Waals surface area (Å²) in [5, 5.41) is 9.83. The first kappa shape index (κ1) is 17.8. The summed E-state index contributed by atoms with van der Waals surface area (Å²) >= 11 is 0. The van der Waals surface area contributed by atoms with Crippen LogP contribution in [0.1, 0.15) is 22.9 Å². The van der Waals surface area contributed by atoms with Crippen molar-refractivity contribution in [2.75, 3.05) is 33.0 Å². The van der Waals surface area contributed by atoms with Crippen LogP contribution >= 0.6 is 0 Å². The number of aromatic nitrogens is 1. The topological polar surface area (TPSA) is 75.1 Å². The van der Waals surface area contributed by atoms with Gasteiger partial charge in [0.25, 0.3) is 0 Å². The number of hydrogen-bond donors (Lipinski definition) is 1. The van der Waals surface area contributed by atoms with Crippen LogP contribution in [-0.4, -0.2) is 58.8 Å². The average molecular weight is 369 g/mol. The van der Waals surface area contributed by atoms with E-state index in [2.05, 4.69) is 22.9 Å². The molecule has 7 nitrogen and oxygen atoms in total. The lowest BCUT2D eigenvalue weighted by molar-refractivity contribution is -0.144. The van der Waals surface area contributed by atoms with Gasteiger partial charge in [0.2, 0.25) is 6.79 Å². The molecule has 1 N–H and O–H groups in total. The fourth-order valence-corrected chi connectivity index (χ4v) is 3.67. The number of carboxylic acid groups (broad SMARTS) is 1. The number of hydrogen-bond acceptors (Lipinski definition) is 6. The summed E-state index contributed by atoms with van der Waals surface area (Å²) in [6.07, 6.45) is 1.82. The molecule has 3 heterocycles. The molecule has 1 saturated heterocycles. The number of ether oxygens (including phenoxy) is 2. The van der Waals surface area contributed by atoms with Crippen LogP contribution in [0.4, 0.5) is 0 Å². The second kappa shape index (κ2) is 7.54. The lowest BCUT2D eigenvalue weighted by atomic mass is 10.0. The molecule has 2 aliphatic rings. The van der Waals surface area contributed by atoms with Crippen LogP contribution in [0, 0.1) is 6.92 Å². The number of aryl methyl sites for hydroxylation is 1. The minimum atomic E-state index is -0.845. The Morgan fingerprint density at radius 3 is 2.70 bits per heavy atom. The first-order valence-electron chi connectivity index (χ1n) is 9.11. The van der Waals surface area contributed by atoms with Crippen LogP contribution in [-0.2, 0) is 11.3 Å². The molecule has 0 amide bonds. The highest BCUT2D eigenvalue weighted by molar-refractivity contribution is 5.76. The molecule has 1 fully saturated rings. The van der Waals surface area contributed by atoms with Crippen LogP contribution in [0.3, 0.4) is 0 Å². The molecule has 4 rings (SSSR count).